The summed E-state index contributed by atoms with van der Waals surface area (Å²) in [5.41, 5.74) is -1.47. The number of esters is 1. The normalized spacial score (nSPS) is 56.4. The Morgan fingerprint density at radius 2 is 1.88 bits per heavy atom. The van der Waals surface area contributed by atoms with Crippen molar-refractivity contribution in [3.05, 3.63) is 12.2 Å². The van der Waals surface area contributed by atoms with Crippen LogP contribution in [-0.2, 0) is 19.1 Å². The Morgan fingerprint density at radius 3 is 2.60 bits per heavy atom. The average molecular weight is 344 g/mol. The van der Waals surface area contributed by atoms with Crippen molar-refractivity contribution in [2.75, 3.05) is 7.11 Å². The second-order valence-electron chi connectivity index (χ2n) is 9.74. The molecule has 0 unspecified atom stereocenters. The highest BCUT2D eigenvalue weighted by Gasteiger charge is 2.81. The molecule has 0 aromatic heterocycles. The van der Waals surface area contributed by atoms with Crippen LogP contribution in [0.1, 0.15) is 65.2 Å². The summed E-state index contributed by atoms with van der Waals surface area (Å²) in [6.45, 7) is 8.48. The van der Waals surface area contributed by atoms with Crippen LogP contribution < -0.4 is 0 Å². The highest BCUT2D eigenvalue weighted by molar-refractivity contribution is 6.05. The maximum atomic E-state index is 13.5. The summed E-state index contributed by atoms with van der Waals surface area (Å²) in [5, 5.41) is 0. The van der Waals surface area contributed by atoms with Gasteiger partial charge in [-0.2, -0.15) is 0 Å². The third-order valence-corrected chi connectivity index (χ3v) is 9.43. The van der Waals surface area contributed by atoms with Crippen molar-refractivity contribution in [1.82, 2.24) is 0 Å². The first-order valence-electron chi connectivity index (χ1n) is 9.74. The molecule has 5 aliphatic rings. The fourth-order valence-electron chi connectivity index (χ4n) is 7.88. The van der Waals surface area contributed by atoms with Crippen molar-refractivity contribution in [2.24, 2.45) is 22.2 Å². The summed E-state index contributed by atoms with van der Waals surface area (Å²) in [5.74, 6) is 0.395. The van der Waals surface area contributed by atoms with Crippen molar-refractivity contribution in [3.63, 3.8) is 0 Å². The lowest BCUT2D eigenvalue weighted by Crippen LogP contribution is -2.67. The molecule has 6 atom stereocenters. The molecule has 4 bridgehead atoms. The molecule has 1 spiro atoms. The summed E-state index contributed by atoms with van der Waals surface area (Å²) >= 11 is 0. The van der Waals surface area contributed by atoms with Crippen LogP contribution in [0.2, 0.25) is 0 Å². The van der Waals surface area contributed by atoms with E-state index in [0.29, 0.717) is 12.0 Å². The largest absolute Gasteiger partial charge is 0.458 e. The van der Waals surface area contributed by atoms with Gasteiger partial charge in [-0.3, -0.25) is 9.59 Å². The highest BCUT2D eigenvalue weighted by Crippen LogP contribution is 2.77. The molecule has 25 heavy (non-hydrogen) atoms. The van der Waals surface area contributed by atoms with E-state index in [9.17, 15) is 9.59 Å². The Labute approximate surface area is 149 Å². The quantitative estimate of drug-likeness (QED) is 0.539. The number of fused-ring (bicyclic) bond motifs is 1. The van der Waals surface area contributed by atoms with Crippen molar-refractivity contribution >= 4 is 11.8 Å². The molecular weight excluding hydrogens is 316 g/mol. The first kappa shape index (κ1) is 16.0. The van der Waals surface area contributed by atoms with Crippen molar-refractivity contribution in [1.29, 1.82) is 0 Å². The predicted octanol–water partition coefficient (Wildman–Crippen LogP) is 3.58. The van der Waals surface area contributed by atoms with Crippen LogP contribution in [0.3, 0.4) is 0 Å². The zero-order valence-electron chi connectivity index (χ0n) is 15.6. The van der Waals surface area contributed by atoms with Crippen LogP contribution in [0.5, 0.6) is 0 Å². The van der Waals surface area contributed by atoms with Crippen molar-refractivity contribution in [2.45, 2.75) is 76.4 Å². The van der Waals surface area contributed by atoms with Crippen LogP contribution in [-0.4, -0.2) is 30.1 Å². The number of hydrogen-bond acceptors (Lipinski definition) is 4. The molecule has 0 aromatic carbocycles. The topological polar surface area (TPSA) is 52.6 Å². The number of hydrogen-bond donors (Lipinski definition) is 0. The minimum atomic E-state index is -0.499. The van der Waals surface area contributed by atoms with E-state index < -0.39 is 16.6 Å². The number of Topliss-reactive ketones (excluding diaryl/α,β-unsaturated/α-hetero) is 1. The first-order chi connectivity index (χ1) is 11.7. The third kappa shape index (κ3) is 1.35. The molecule has 136 valence electrons. The molecule has 0 radical (unpaired) electrons. The molecule has 4 heteroatoms. The van der Waals surface area contributed by atoms with E-state index >= 15 is 0 Å². The first-order valence-corrected chi connectivity index (χ1v) is 9.74. The van der Waals surface area contributed by atoms with E-state index in [4.69, 9.17) is 9.47 Å². The predicted molar refractivity (Wildman–Crippen MR) is 91.8 cm³/mol. The van der Waals surface area contributed by atoms with Gasteiger partial charge in [0.1, 0.15) is 5.60 Å². The van der Waals surface area contributed by atoms with Crippen molar-refractivity contribution in [3.8, 4) is 0 Å². The zero-order valence-corrected chi connectivity index (χ0v) is 15.6. The third-order valence-electron chi connectivity index (χ3n) is 9.43. The SMILES string of the molecule is C=C1C(=O)[C@@]23CC[C@@H]4[C@@]5(C)CCC[C@@]4(OC5=O)[C@@]2(C)CC[C@]1(OC)C3. The number of ether oxygens (including phenoxy) is 2. The number of ketones is 1. The summed E-state index contributed by atoms with van der Waals surface area (Å²) in [7, 11) is 1.71. The van der Waals surface area contributed by atoms with Gasteiger partial charge in [-0.1, -0.05) is 13.5 Å². The molecule has 4 saturated carbocycles. The Bertz CT molecular complexity index is 727. The molecule has 0 N–H and O–H groups in total. The minimum Gasteiger partial charge on any atom is -0.458 e. The van der Waals surface area contributed by atoms with Gasteiger partial charge >= 0.3 is 5.97 Å². The molecule has 5 fully saturated rings. The zero-order chi connectivity index (χ0) is 17.9. The van der Waals surface area contributed by atoms with Crippen LogP contribution in [0.4, 0.5) is 0 Å². The number of carbonyl (C=O) groups excluding carboxylic acids is 2. The second-order valence-corrected chi connectivity index (χ2v) is 9.74. The fourth-order valence-corrected chi connectivity index (χ4v) is 7.88. The molecule has 1 aliphatic heterocycles. The van der Waals surface area contributed by atoms with Crippen molar-refractivity contribution < 1.29 is 19.1 Å². The standard InChI is InChI=1S/C21H28O4/c1-13-15(22)19-9-6-14-17(2)7-5-8-21(14,25-16(17)23)18(19,3)10-11-20(13,12-19)24-4/h14H,1,5-12H2,2-4H3/t14-,17-,18+,19+,20+,21+/m1/s1. The Morgan fingerprint density at radius 1 is 1.12 bits per heavy atom. The minimum absolute atomic E-state index is 0.0267. The maximum Gasteiger partial charge on any atom is 0.312 e. The Kier molecular flexibility index (Phi) is 2.71. The van der Waals surface area contributed by atoms with Gasteiger partial charge < -0.3 is 9.47 Å². The van der Waals surface area contributed by atoms with E-state index in [1.54, 1.807) is 7.11 Å². The van der Waals surface area contributed by atoms with Crippen LogP contribution in [0.15, 0.2) is 12.2 Å². The highest BCUT2D eigenvalue weighted by atomic mass is 16.6. The van der Waals surface area contributed by atoms with Gasteiger partial charge in [0.15, 0.2) is 5.78 Å². The molecular formula is C21H28O4. The second kappa shape index (κ2) is 4.21. The molecule has 4 nitrogen and oxygen atoms in total. The lowest BCUT2D eigenvalue weighted by molar-refractivity contribution is -0.232. The summed E-state index contributed by atoms with van der Waals surface area (Å²) in [6, 6.07) is 0. The summed E-state index contributed by atoms with van der Waals surface area (Å²) in [4.78, 5) is 26.4. The van der Waals surface area contributed by atoms with Gasteiger partial charge in [-0.15, -0.1) is 0 Å². The molecule has 4 aliphatic carbocycles. The summed E-state index contributed by atoms with van der Waals surface area (Å²) in [6.07, 6.45) is 6.95. The van der Waals surface area contributed by atoms with Crippen LogP contribution in [0, 0.1) is 22.2 Å². The van der Waals surface area contributed by atoms with E-state index in [0.717, 1.165) is 44.9 Å². The van der Waals surface area contributed by atoms with E-state index in [2.05, 4.69) is 20.4 Å². The van der Waals surface area contributed by atoms with Gasteiger partial charge in [0.05, 0.1) is 11.0 Å². The fraction of sp³-hybridized carbons (Fsp3) is 0.810. The van der Waals surface area contributed by atoms with Crippen LogP contribution in [0.25, 0.3) is 0 Å². The smallest absolute Gasteiger partial charge is 0.312 e. The molecule has 0 amide bonds. The number of methoxy groups -OCH3 is 1. The van der Waals surface area contributed by atoms with Gasteiger partial charge in [0.2, 0.25) is 0 Å². The molecule has 1 heterocycles. The molecule has 0 aromatic rings. The lowest BCUT2D eigenvalue weighted by Gasteiger charge is -2.64. The van der Waals surface area contributed by atoms with E-state index in [1.165, 1.54) is 0 Å². The molecule has 5 rings (SSSR count). The maximum absolute atomic E-state index is 13.5. The number of carbonyl (C=O) groups is 2. The number of rotatable bonds is 1. The summed E-state index contributed by atoms with van der Waals surface area (Å²) < 4.78 is 12.2. The molecule has 1 saturated heterocycles. The van der Waals surface area contributed by atoms with Gasteiger partial charge in [0, 0.05) is 29.4 Å². The van der Waals surface area contributed by atoms with E-state index in [1.807, 2.05) is 0 Å². The lowest BCUT2D eigenvalue weighted by atomic mass is 9.39. The van der Waals surface area contributed by atoms with E-state index in [-0.39, 0.29) is 28.5 Å². The van der Waals surface area contributed by atoms with Gasteiger partial charge in [-0.25, -0.2) is 0 Å². The Balaban J connectivity index is 1.71. The van der Waals surface area contributed by atoms with Gasteiger partial charge in [0.25, 0.3) is 0 Å². The van der Waals surface area contributed by atoms with Gasteiger partial charge in [-0.05, 0) is 58.3 Å². The average Bonchev–Trinajstić information content (AvgIpc) is 2.85. The monoisotopic (exact) mass is 344 g/mol. The Hall–Kier alpha value is -1.16. The van der Waals surface area contributed by atoms with Crippen LogP contribution >= 0.6 is 0 Å².